The first-order valence-electron chi connectivity index (χ1n) is 7.61. The molecular formula is C17H18N2O4S. The van der Waals surface area contributed by atoms with E-state index in [0.29, 0.717) is 42.1 Å². The number of nitrogens with two attached hydrogens (primary N) is 1. The number of nitrogens with zero attached hydrogens (tertiary/aromatic N) is 1. The number of sulfonamides is 1. The highest BCUT2D eigenvalue weighted by molar-refractivity contribution is 7.89. The fourth-order valence-electron chi connectivity index (χ4n) is 2.79. The summed E-state index contributed by atoms with van der Waals surface area (Å²) in [5.74, 6) is 0.585. The molecule has 3 rings (SSSR count). The molecule has 0 fully saturated rings. The number of amides is 1. The molecule has 0 saturated carbocycles. The van der Waals surface area contributed by atoms with E-state index in [2.05, 4.69) is 0 Å². The molecule has 0 unspecified atom stereocenters. The van der Waals surface area contributed by atoms with E-state index in [1.807, 2.05) is 6.92 Å². The number of hydrogen-bond acceptors (Lipinski definition) is 4. The summed E-state index contributed by atoms with van der Waals surface area (Å²) in [4.78, 5) is 13.8. The first-order chi connectivity index (χ1) is 11.4. The van der Waals surface area contributed by atoms with Crippen LogP contribution in [-0.4, -0.2) is 27.5 Å². The van der Waals surface area contributed by atoms with Crippen LogP contribution in [-0.2, 0) is 14.8 Å². The van der Waals surface area contributed by atoms with Crippen molar-refractivity contribution < 1.29 is 17.9 Å². The maximum atomic E-state index is 12.0. The van der Waals surface area contributed by atoms with E-state index >= 15 is 0 Å². The summed E-state index contributed by atoms with van der Waals surface area (Å²) < 4.78 is 29.2. The van der Waals surface area contributed by atoms with Gasteiger partial charge in [-0.15, -0.1) is 0 Å². The Balaban J connectivity index is 2.09. The summed E-state index contributed by atoms with van der Waals surface area (Å²) in [7, 11) is -3.84. The molecule has 2 aromatic carbocycles. The Bertz CT molecular complexity index is 893. The monoisotopic (exact) mass is 346 g/mol. The quantitative estimate of drug-likeness (QED) is 0.922. The van der Waals surface area contributed by atoms with Crippen LogP contribution in [0.15, 0.2) is 47.4 Å². The van der Waals surface area contributed by atoms with Gasteiger partial charge in [-0.05, 0) is 23.8 Å². The average Bonchev–Trinajstić information content (AvgIpc) is 2.59. The van der Waals surface area contributed by atoms with E-state index in [9.17, 15) is 13.2 Å². The minimum Gasteiger partial charge on any atom is -0.490 e. The number of carbonyl (C=O) groups is 1. The number of fused-ring (bicyclic) bond motifs is 1. The molecule has 1 aliphatic rings. The molecule has 0 spiro atoms. The van der Waals surface area contributed by atoms with Gasteiger partial charge in [-0.3, -0.25) is 4.79 Å². The van der Waals surface area contributed by atoms with Crippen LogP contribution in [0.4, 0.5) is 5.69 Å². The van der Waals surface area contributed by atoms with Crippen molar-refractivity contribution in [2.24, 2.45) is 5.14 Å². The van der Waals surface area contributed by atoms with Crippen molar-refractivity contribution in [2.45, 2.75) is 18.2 Å². The lowest BCUT2D eigenvalue weighted by molar-refractivity contribution is -0.118. The number of carbonyl (C=O) groups excluding carboxylic acids is 1. The molecule has 0 atom stereocenters. The molecule has 0 aliphatic carbocycles. The molecule has 0 aromatic heterocycles. The highest BCUT2D eigenvalue weighted by atomic mass is 32.2. The molecular weight excluding hydrogens is 328 g/mol. The number of anilines is 1. The van der Waals surface area contributed by atoms with Crippen LogP contribution in [0.2, 0.25) is 0 Å². The van der Waals surface area contributed by atoms with Gasteiger partial charge in [0.05, 0.1) is 17.1 Å². The van der Waals surface area contributed by atoms with Gasteiger partial charge >= 0.3 is 0 Å². The van der Waals surface area contributed by atoms with Crippen LogP contribution >= 0.6 is 0 Å². The molecule has 6 nitrogen and oxygen atoms in total. The van der Waals surface area contributed by atoms with Crippen LogP contribution in [0.1, 0.15) is 13.3 Å². The third kappa shape index (κ3) is 3.00. The van der Waals surface area contributed by atoms with Crippen molar-refractivity contribution in [3.8, 4) is 16.9 Å². The number of ether oxygens (including phenoxy) is 1. The Labute approximate surface area is 140 Å². The van der Waals surface area contributed by atoms with Crippen LogP contribution in [0, 0.1) is 0 Å². The average molecular weight is 346 g/mol. The Morgan fingerprint density at radius 2 is 2.00 bits per heavy atom. The van der Waals surface area contributed by atoms with Crippen molar-refractivity contribution in [1.29, 1.82) is 0 Å². The zero-order chi connectivity index (χ0) is 17.3. The fraction of sp³-hybridized carbons (Fsp3) is 0.235. The topological polar surface area (TPSA) is 89.7 Å². The maximum Gasteiger partial charge on any atom is 0.238 e. The van der Waals surface area contributed by atoms with E-state index in [1.54, 1.807) is 41.3 Å². The number of hydrogen-bond donors (Lipinski definition) is 1. The van der Waals surface area contributed by atoms with Crippen molar-refractivity contribution in [1.82, 2.24) is 0 Å². The van der Waals surface area contributed by atoms with Crippen molar-refractivity contribution in [2.75, 3.05) is 18.1 Å². The molecule has 1 aliphatic heterocycles. The molecule has 1 heterocycles. The molecule has 24 heavy (non-hydrogen) atoms. The molecule has 1 amide bonds. The number of primary sulfonamides is 1. The van der Waals surface area contributed by atoms with Gasteiger partial charge in [0.2, 0.25) is 15.9 Å². The highest BCUT2D eigenvalue weighted by Crippen LogP contribution is 2.37. The van der Waals surface area contributed by atoms with Gasteiger partial charge < -0.3 is 9.64 Å². The zero-order valence-corrected chi connectivity index (χ0v) is 14.0. The van der Waals surface area contributed by atoms with Gasteiger partial charge in [-0.1, -0.05) is 31.2 Å². The number of rotatable bonds is 3. The van der Waals surface area contributed by atoms with Crippen LogP contribution in [0.3, 0.4) is 0 Å². The van der Waals surface area contributed by atoms with Gasteiger partial charge in [0.1, 0.15) is 12.4 Å². The molecule has 0 bridgehead atoms. The van der Waals surface area contributed by atoms with Crippen LogP contribution in [0.5, 0.6) is 5.75 Å². The third-order valence-corrected chi connectivity index (χ3v) is 4.90. The minimum atomic E-state index is -3.84. The molecule has 2 aromatic rings. The van der Waals surface area contributed by atoms with Gasteiger partial charge in [0.25, 0.3) is 0 Å². The Morgan fingerprint density at radius 3 is 2.71 bits per heavy atom. The summed E-state index contributed by atoms with van der Waals surface area (Å²) in [6.07, 6.45) is 0.412. The standard InChI is InChI=1S/C17H18N2O4S/c1-2-17(20)19-9-10-23-15-11-12(7-8-14(15)19)13-5-3-4-6-16(13)24(18,21)22/h3-8,11H,2,9-10H2,1H3,(H2,18,21,22). The Hall–Kier alpha value is -2.38. The van der Waals surface area contributed by atoms with Gasteiger partial charge in [-0.25, -0.2) is 13.6 Å². The SMILES string of the molecule is CCC(=O)N1CCOc2cc(-c3ccccc3S(N)(=O)=O)ccc21. The Kier molecular flexibility index (Phi) is 4.29. The van der Waals surface area contributed by atoms with Gasteiger partial charge in [0, 0.05) is 12.0 Å². The summed E-state index contributed by atoms with van der Waals surface area (Å²) >= 11 is 0. The van der Waals surface area contributed by atoms with Crippen molar-refractivity contribution in [3.63, 3.8) is 0 Å². The van der Waals surface area contributed by atoms with Crippen molar-refractivity contribution >= 4 is 21.6 Å². The van der Waals surface area contributed by atoms with Crippen LogP contribution in [0.25, 0.3) is 11.1 Å². The number of benzene rings is 2. The molecule has 126 valence electrons. The third-order valence-electron chi connectivity index (χ3n) is 3.93. The van der Waals surface area contributed by atoms with E-state index in [-0.39, 0.29) is 10.8 Å². The van der Waals surface area contributed by atoms with E-state index in [4.69, 9.17) is 9.88 Å². The summed E-state index contributed by atoms with van der Waals surface area (Å²) in [6.45, 7) is 2.72. The minimum absolute atomic E-state index is 0.0252. The molecule has 0 radical (unpaired) electrons. The summed E-state index contributed by atoms with van der Waals surface area (Å²) in [5.41, 5.74) is 1.87. The molecule has 0 saturated heterocycles. The highest BCUT2D eigenvalue weighted by Gasteiger charge is 2.24. The van der Waals surface area contributed by atoms with Crippen LogP contribution < -0.4 is 14.8 Å². The second-order valence-corrected chi connectivity index (χ2v) is 7.00. The molecule has 2 N–H and O–H groups in total. The lowest BCUT2D eigenvalue weighted by atomic mass is 10.0. The van der Waals surface area contributed by atoms with Gasteiger partial charge in [-0.2, -0.15) is 0 Å². The smallest absolute Gasteiger partial charge is 0.238 e. The molecule has 7 heteroatoms. The largest absolute Gasteiger partial charge is 0.490 e. The summed E-state index contributed by atoms with van der Waals surface area (Å²) in [5, 5.41) is 5.30. The van der Waals surface area contributed by atoms with Gasteiger partial charge in [0.15, 0.2) is 0 Å². The second-order valence-electron chi connectivity index (χ2n) is 5.47. The predicted octanol–water partition coefficient (Wildman–Crippen LogP) is 2.14. The van der Waals surface area contributed by atoms with E-state index < -0.39 is 10.0 Å². The normalized spacial score (nSPS) is 14.0. The van der Waals surface area contributed by atoms with Crippen molar-refractivity contribution in [3.05, 3.63) is 42.5 Å². The predicted molar refractivity (Wildman–Crippen MR) is 91.4 cm³/mol. The van der Waals surface area contributed by atoms with E-state index in [1.165, 1.54) is 6.07 Å². The fourth-order valence-corrected chi connectivity index (χ4v) is 3.55. The lowest BCUT2D eigenvalue weighted by Gasteiger charge is -2.29. The van der Waals surface area contributed by atoms with E-state index in [0.717, 1.165) is 0 Å². The zero-order valence-electron chi connectivity index (χ0n) is 13.2. The maximum absolute atomic E-state index is 12.0. The summed E-state index contributed by atoms with van der Waals surface area (Å²) in [6, 6.07) is 11.8. The first-order valence-corrected chi connectivity index (χ1v) is 9.16. The Morgan fingerprint density at radius 1 is 1.25 bits per heavy atom. The first kappa shape index (κ1) is 16.5. The lowest BCUT2D eigenvalue weighted by Crippen LogP contribution is -2.37. The second kappa shape index (κ2) is 6.26.